The van der Waals surface area contributed by atoms with Crippen LogP contribution in [0.4, 0.5) is 0 Å². The van der Waals surface area contributed by atoms with Crippen molar-refractivity contribution in [2.75, 3.05) is 0 Å². The summed E-state index contributed by atoms with van der Waals surface area (Å²) in [6, 6.07) is 0. The summed E-state index contributed by atoms with van der Waals surface area (Å²) >= 11 is 0. The highest BCUT2D eigenvalue weighted by atomic mass is 14.7. The molecule has 1 aromatic rings. The zero-order valence-corrected chi connectivity index (χ0v) is 10.2. The molecule has 0 radical (unpaired) electrons. The molecule has 0 bridgehead atoms. The van der Waals surface area contributed by atoms with Crippen LogP contribution in [-0.4, -0.2) is 4.98 Å². The van der Waals surface area contributed by atoms with Gasteiger partial charge in [0.2, 0.25) is 0 Å². The normalized spacial score (nSPS) is 11.4. The highest BCUT2D eigenvalue weighted by Crippen LogP contribution is 2.30. The summed E-state index contributed by atoms with van der Waals surface area (Å²) in [5, 5.41) is 0. The number of pyridine rings is 1. The Morgan fingerprint density at radius 1 is 0.929 bits per heavy atom. The number of nitrogens with zero attached hydrogens (tertiary/aromatic N) is 1. The van der Waals surface area contributed by atoms with Gasteiger partial charge in [-0.1, -0.05) is 27.7 Å². The second-order valence-electron chi connectivity index (χ2n) is 4.66. The lowest BCUT2D eigenvalue weighted by atomic mass is 9.87. The Morgan fingerprint density at radius 2 is 1.43 bits per heavy atom. The maximum absolute atomic E-state index is 4.44. The molecule has 0 unspecified atom stereocenters. The van der Waals surface area contributed by atoms with Crippen LogP contribution >= 0.6 is 0 Å². The minimum atomic E-state index is 0.569. The Hall–Kier alpha value is -0.850. The third-order valence-corrected chi connectivity index (χ3v) is 2.71. The number of aromatic nitrogens is 1. The molecule has 1 heterocycles. The van der Waals surface area contributed by atoms with E-state index in [0.717, 1.165) is 0 Å². The fourth-order valence-electron chi connectivity index (χ4n) is 2.24. The lowest BCUT2D eigenvalue weighted by Crippen LogP contribution is -2.06. The van der Waals surface area contributed by atoms with Gasteiger partial charge < -0.3 is 0 Å². The summed E-state index contributed by atoms with van der Waals surface area (Å²) < 4.78 is 0. The molecule has 0 aliphatic rings. The molecule has 78 valence electrons. The highest BCUT2D eigenvalue weighted by Gasteiger charge is 2.15. The fourth-order valence-corrected chi connectivity index (χ4v) is 2.24. The molecule has 0 aromatic carbocycles. The van der Waals surface area contributed by atoms with Crippen molar-refractivity contribution < 1.29 is 0 Å². The molecule has 0 saturated carbocycles. The molecule has 1 rings (SSSR count). The van der Waals surface area contributed by atoms with Gasteiger partial charge in [0.25, 0.3) is 0 Å². The second kappa shape index (κ2) is 4.12. The van der Waals surface area contributed by atoms with Crippen LogP contribution in [0.5, 0.6) is 0 Å². The molecule has 0 aliphatic carbocycles. The topological polar surface area (TPSA) is 12.9 Å². The van der Waals surface area contributed by atoms with Gasteiger partial charge in [-0.15, -0.1) is 0 Å². The molecule has 0 spiro atoms. The Balaban J connectivity index is 3.42. The number of hydrogen-bond acceptors (Lipinski definition) is 1. The molecule has 14 heavy (non-hydrogen) atoms. The molecule has 1 heteroatoms. The van der Waals surface area contributed by atoms with E-state index in [1.54, 1.807) is 0 Å². The van der Waals surface area contributed by atoms with E-state index in [9.17, 15) is 0 Å². The predicted octanol–water partition coefficient (Wildman–Crippen LogP) is 3.95. The Kier molecular flexibility index (Phi) is 3.30. The van der Waals surface area contributed by atoms with Gasteiger partial charge >= 0.3 is 0 Å². The Labute approximate surface area is 87.6 Å². The molecule has 1 aromatic heterocycles. The van der Waals surface area contributed by atoms with Crippen LogP contribution < -0.4 is 0 Å². The largest absolute Gasteiger partial charge is 0.261 e. The van der Waals surface area contributed by atoms with E-state index in [4.69, 9.17) is 0 Å². The maximum Gasteiger partial charge on any atom is 0.0410 e. The lowest BCUT2D eigenvalue weighted by molar-refractivity contribution is 0.764. The summed E-state index contributed by atoms with van der Waals surface area (Å²) in [4.78, 5) is 4.44. The smallest absolute Gasteiger partial charge is 0.0410 e. The Bertz CT molecular complexity index is 291. The van der Waals surface area contributed by atoms with Crippen molar-refractivity contribution in [2.24, 2.45) is 0 Å². The van der Waals surface area contributed by atoms with Gasteiger partial charge in [0, 0.05) is 11.9 Å². The molecule has 0 fully saturated rings. The number of hydrogen-bond donors (Lipinski definition) is 0. The van der Waals surface area contributed by atoms with Crippen molar-refractivity contribution in [1.29, 1.82) is 0 Å². The van der Waals surface area contributed by atoms with Crippen molar-refractivity contribution in [1.82, 2.24) is 4.98 Å². The lowest BCUT2D eigenvalue weighted by Gasteiger charge is -2.20. The van der Waals surface area contributed by atoms with Crippen molar-refractivity contribution >= 4 is 0 Å². The summed E-state index contributed by atoms with van der Waals surface area (Å²) in [6.07, 6.45) is 2.00. The zero-order valence-electron chi connectivity index (χ0n) is 10.2. The van der Waals surface area contributed by atoms with Crippen LogP contribution in [0.15, 0.2) is 6.20 Å². The van der Waals surface area contributed by atoms with Gasteiger partial charge in [-0.3, -0.25) is 4.98 Å². The molecule has 1 nitrogen and oxygen atoms in total. The van der Waals surface area contributed by atoms with Crippen LogP contribution in [0.1, 0.15) is 61.9 Å². The first-order valence-corrected chi connectivity index (χ1v) is 5.41. The van der Waals surface area contributed by atoms with Gasteiger partial charge in [-0.25, -0.2) is 0 Å². The zero-order chi connectivity index (χ0) is 10.9. The van der Waals surface area contributed by atoms with Gasteiger partial charge in [0.1, 0.15) is 0 Å². The van der Waals surface area contributed by atoms with E-state index in [-0.39, 0.29) is 0 Å². The molecule has 0 amide bonds. The molecule has 0 atom stereocenters. The predicted molar refractivity (Wildman–Crippen MR) is 61.9 cm³/mol. The highest BCUT2D eigenvalue weighted by molar-refractivity contribution is 5.39. The third-order valence-electron chi connectivity index (χ3n) is 2.71. The van der Waals surface area contributed by atoms with Crippen LogP contribution in [-0.2, 0) is 0 Å². The first-order valence-electron chi connectivity index (χ1n) is 5.41. The number of aryl methyl sites for hydroxylation is 2. The van der Waals surface area contributed by atoms with Crippen molar-refractivity contribution in [2.45, 2.75) is 53.4 Å². The van der Waals surface area contributed by atoms with E-state index in [1.807, 2.05) is 6.20 Å². The number of rotatable bonds is 2. The van der Waals surface area contributed by atoms with E-state index >= 15 is 0 Å². The van der Waals surface area contributed by atoms with Gasteiger partial charge in [0.15, 0.2) is 0 Å². The first-order chi connectivity index (χ1) is 6.45. The minimum absolute atomic E-state index is 0.569. The molecule has 0 aliphatic heterocycles. The van der Waals surface area contributed by atoms with E-state index in [1.165, 1.54) is 22.4 Å². The SMILES string of the molecule is Cc1cnc(C)c(C(C)C)c1C(C)C. The second-order valence-corrected chi connectivity index (χ2v) is 4.66. The van der Waals surface area contributed by atoms with E-state index in [2.05, 4.69) is 46.5 Å². The monoisotopic (exact) mass is 191 g/mol. The van der Waals surface area contributed by atoms with E-state index < -0.39 is 0 Å². The maximum atomic E-state index is 4.44. The average molecular weight is 191 g/mol. The summed E-state index contributed by atoms with van der Waals surface area (Å²) in [5.41, 5.74) is 5.45. The first kappa shape index (κ1) is 11.2. The molecular formula is C13H21N. The minimum Gasteiger partial charge on any atom is -0.261 e. The third kappa shape index (κ3) is 1.97. The van der Waals surface area contributed by atoms with Gasteiger partial charge in [-0.05, 0) is 42.4 Å². The van der Waals surface area contributed by atoms with Crippen molar-refractivity contribution in [3.05, 3.63) is 28.6 Å². The van der Waals surface area contributed by atoms with E-state index in [0.29, 0.717) is 11.8 Å². The standard InChI is InChI=1S/C13H21N/c1-8(2)12-10(5)7-14-11(6)13(12)9(3)4/h7-9H,1-6H3. The molecular weight excluding hydrogens is 170 g/mol. The van der Waals surface area contributed by atoms with Gasteiger partial charge in [0.05, 0.1) is 0 Å². The summed E-state index contributed by atoms with van der Waals surface area (Å²) in [5.74, 6) is 1.16. The Morgan fingerprint density at radius 3 is 1.79 bits per heavy atom. The van der Waals surface area contributed by atoms with Crippen LogP contribution in [0.2, 0.25) is 0 Å². The van der Waals surface area contributed by atoms with Gasteiger partial charge in [-0.2, -0.15) is 0 Å². The molecule has 0 N–H and O–H groups in total. The van der Waals surface area contributed by atoms with Crippen LogP contribution in [0.3, 0.4) is 0 Å². The summed E-state index contributed by atoms with van der Waals surface area (Å²) in [6.45, 7) is 13.3. The fraction of sp³-hybridized carbons (Fsp3) is 0.615. The van der Waals surface area contributed by atoms with Crippen molar-refractivity contribution in [3.63, 3.8) is 0 Å². The average Bonchev–Trinajstić information content (AvgIpc) is 2.07. The van der Waals surface area contributed by atoms with Crippen LogP contribution in [0, 0.1) is 13.8 Å². The summed E-state index contributed by atoms with van der Waals surface area (Å²) in [7, 11) is 0. The van der Waals surface area contributed by atoms with Crippen LogP contribution in [0.25, 0.3) is 0 Å². The quantitative estimate of drug-likeness (QED) is 0.690. The molecule has 0 saturated heterocycles. The van der Waals surface area contributed by atoms with Crippen molar-refractivity contribution in [3.8, 4) is 0 Å².